The van der Waals surface area contributed by atoms with E-state index in [9.17, 15) is 13.2 Å². The predicted molar refractivity (Wildman–Crippen MR) is 119 cm³/mol. The molecule has 7 nitrogen and oxygen atoms in total. The van der Waals surface area contributed by atoms with Gasteiger partial charge in [-0.1, -0.05) is 43.3 Å². The number of amides is 1. The van der Waals surface area contributed by atoms with Crippen molar-refractivity contribution >= 4 is 15.9 Å². The van der Waals surface area contributed by atoms with Crippen LogP contribution in [0.15, 0.2) is 65.7 Å². The molecule has 1 unspecified atom stereocenters. The highest BCUT2D eigenvalue weighted by Crippen LogP contribution is 2.28. The minimum absolute atomic E-state index is 0.0956. The monoisotopic (exact) mass is 438 g/mol. The van der Waals surface area contributed by atoms with Crippen molar-refractivity contribution in [1.29, 1.82) is 0 Å². The Balaban J connectivity index is 1.47. The largest absolute Gasteiger partial charge is 0.342 e. The Hall–Kier alpha value is -2.97. The molecule has 1 saturated carbocycles. The van der Waals surface area contributed by atoms with E-state index in [1.807, 2.05) is 37.3 Å². The molecule has 0 spiro atoms. The number of aromatic nitrogens is 2. The molecule has 0 radical (unpaired) electrons. The zero-order valence-electron chi connectivity index (χ0n) is 17.3. The van der Waals surface area contributed by atoms with E-state index in [0.717, 1.165) is 24.1 Å². The van der Waals surface area contributed by atoms with E-state index in [1.165, 1.54) is 12.1 Å². The lowest BCUT2D eigenvalue weighted by atomic mass is 10.1. The fraction of sp³-hybridized carbons (Fsp3) is 0.304. The molecule has 1 fully saturated rings. The molecule has 0 aliphatic heterocycles. The summed E-state index contributed by atoms with van der Waals surface area (Å²) in [7, 11) is -3.63. The highest BCUT2D eigenvalue weighted by atomic mass is 32.2. The highest BCUT2D eigenvalue weighted by molar-refractivity contribution is 7.89. The van der Waals surface area contributed by atoms with Crippen molar-refractivity contribution in [2.45, 2.75) is 37.1 Å². The highest BCUT2D eigenvalue weighted by Gasteiger charge is 2.25. The summed E-state index contributed by atoms with van der Waals surface area (Å²) in [6, 6.07) is 15.6. The first-order valence-electron chi connectivity index (χ1n) is 10.5. The molecule has 8 heteroatoms. The molecule has 4 rings (SSSR count). The van der Waals surface area contributed by atoms with E-state index in [0.29, 0.717) is 30.3 Å². The lowest BCUT2D eigenvalue weighted by molar-refractivity contribution is 0.0933. The normalized spacial score (nSPS) is 14.9. The van der Waals surface area contributed by atoms with E-state index in [-0.39, 0.29) is 16.8 Å². The molecule has 31 heavy (non-hydrogen) atoms. The Bertz CT molecular complexity index is 1150. The van der Waals surface area contributed by atoms with Gasteiger partial charge >= 0.3 is 0 Å². The van der Waals surface area contributed by atoms with Gasteiger partial charge in [-0.3, -0.25) is 4.79 Å². The Morgan fingerprint density at radius 3 is 2.65 bits per heavy atom. The maximum atomic E-state index is 12.9. The Morgan fingerprint density at radius 2 is 1.94 bits per heavy atom. The van der Waals surface area contributed by atoms with Crippen LogP contribution in [0.25, 0.3) is 11.3 Å². The number of sulfonamides is 1. The predicted octanol–water partition coefficient (Wildman–Crippen LogP) is 3.65. The smallest absolute Gasteiger partial charge is 0.251 e. The summed E-state index contributed by atoms with van der Waals surface area (Å²) >= 11 is 0. The molecule has 1 aliphatic carbocycles. The molecule has 1 aliphatic rings. The van der Waals surface area contributed by atoms with Gasteiger partial charge in [0, 0.05) is 12.1 Å². The number of hydrogen-bond donors (Lipinski definition) is 3. The van der Waals surface area contributed by atoms with Crippen molar-refractivity contribution in [2.75, 3.05) is 6.54 Å². The van der Waals surface area contributed by atoms with E-state index >= 15 is 0 Å². The lowest BCUT2D eigenvalue weighted by Crippen LogP contribution is -2.29. The molecular weight excluding hydrogens is 412 g/mol. The number of hydrogen-bond acceptors (Lipinski definition) is 4. The van der Waals surface area contributed by atoms with E-state index in [2.05, 4.69) is 20.0 Å². The minimum atomic E-state index is -3.63. The van der Waals surface area contributed by atoms with Gasteiger partial charge in [0.1, 0.15) is 5.82 Å². The molecule has 0 bridgehead atoms. The molecular formula is C23H26N4O3S. The van der Waals surface area contributed by atoms with Crippen LogP contribution in [0.1, 0.15) is 48.4 Å². The molecule has 2 aromatic carbocycles. The van der Waals surface area contributed by atoms with Crippen LogP contribution < -0.4 is 10.0 Å². The van der Waals surface area contributed by atoms with Crippen molar-refractivity contribution in [3.8, 4) is 11.3 Å². The summed E-state index contributed by atoms with van der Waals surface area (Å²) in [4.78, 5) is 20.7. The van der Waals surface area contributed by atoms with Crippen LogP contribution in [0, 0.1) is 5.92 Å². The number of aromatic amines is 1. The van der Waals surface area contributed by atoms with Gasteiger partial charge < -0.3 is 10.3 Å². The van der Waals surface area contributed by atoms with Crippen LogP contribution >= 0.6 is 0 Å². The number of rotatable bonds is 9. The second kappa shape index (κ2) is 9.03. The number of benzene rings is 2. The van der Waals surface area contributed by atoms with Crippen molar-refractivity contribution in [3.63, 3.8) is 0 Å². The van der Waals surface area contributed by atoms with Crippen LogP contribution in [-0.2, 0) is 10.0 Å². The number of carbonyl (C=O) groups excluding carboxylic acids is 1. The molecule has 3 aromatic rings. The van der Waals surface area contributed by atoms with Crippen LogP contribution in [0.4, 0.5) is 0 Å². The van der Waals surface area contributed by atoms with Gasteiger partial charge in [0.15, 0.2) is 0 Å². The molecule has 1 heterocycles. The second-order valence-corrected chi connectivity index (χ2v) is 9.57. The number of imidazole rings is 1. The minimum Gasteiger partial charge on any atom is -0.342 e. The van der Waals surface area contributed by atoms with Gasteiger partial charge in [0.25, 0.3) is 5.91 Å². The van der Waals surface area contributed by atoms with Crippen LogP contribution in [-0.4, -0.2) is 30.8 Å². The van der Waals surface area contributed by atoms with Gasteiger partial charge in [-0.15, -0.1) is 0 Å². The third-order valence-electron chi connectivity index (χ3n) is 5.39. The summed E-state index contributed by atoms with van der Waals surface area (Å²) in [6.07, 6.45) is 4.50. The van der Waals surface area contributed by atoms with Crippen molar-refractivity contribution in [1.82, 2.24) is 20.0 Å². The van der Waals surface area contributed by atoms with Gasteiger partial charge in [-0.25, -0.2) is 18.1 Å². The maximum absolute atomic E-state index is 12.9. The van der Waals surface area contributed by atoms with Crippen LogP contribution in [0.3, 0.4) is 0 Å². The Kier molecular flexibility index (Phi) is 6.20. The van der Waals surface area contributed by atoms with Crippen molar-refractivity contribution < 1.29 is 13.2 Å². The van der Waals surface area contributed by atoms with Crippen molar-refractivity contribution in [3.05, 3.63) is 72.2 Å². The third-order valence-corrected chi connectivity index (χ3v) is 6.81. The van der Waals surface area contributed by atoms with Gasteiger partial charge in [-0.05, 0) is 48.9 Å². The second-order valence-electron chi connectivity index (χ2n) is 7.81. The molecule has 1 amide bonds. The quantitative estimate of drug-likeness (QED) is 0.474. The average Bonchev–Trinajstić information content (AvgIpc) is 3.51. The average molecular weight is 439 g/mol. The van der Waals surface area contributed by atoms with Gasteiger partial charge in [0.05, 0.1) is 22.8 Å². The summed E-state index contributed by atoms with van der Waals surface area (Å²) < 4.78 is 27.7. The third kappa shape index (κ3) is 5.21. The Morgan fingerprint density at radius 1 is 1.16 bits per heavy atom. The van der Waals surface area contributed by atoms with Crippen LogP contribution in [0.5, 0.6) is 0 Å². The van der Waals surface area contributed by atoms with E-state index in [4.69, 9.17) is 0 Å². The summed E-state index contributed by atoms with van der Waals surface area (Å²) in [6.45, 7) is 2.40. The summed E-state index contributed by atoms with van der Waals surface area (Å²) in [5.41, 5.74) is 2.18. The van der Waals surface area contributed by atoms with Gasteiger partial charge in [0.2, 0.25) is 10.0 Å². The first kappa shape index (κ1) is 21.3. The Labute approximate surface area is 182 Å². The first-order chi connectivity index (χ1) is 15.0. The standard InChI is InChI=1S/C23H26N4O3S/c1-2-20(22-24-15-21(26-22)17-7-4-3-5-8-17)27-23(28)18-9-6-10-19(13-18)31(29,30)25-14-16-11-12-16/h3-10,13,15-16,20,25H,2,11-12,14H2,1H3,(H,24,26)(H,27,28). The molecule has 162 valence electrons. The fourth-order valence-corrected chi connectivity index (χ4v) is 4.48. The zero-order valence-corrected chi connectivity index (χ0v) is 18.2. The molecule has 3 N–H and O–H groups in total. The maximum Gasteiger partial charge on any atom is 0.251 e. The number of carbonyl (C=O) groups is 1. The number of H-pyrrole nitrogens is 1. The van der Waals surface area contributed by atoms with Gasteiger partial charge in [-0.2, -0.15) is 0 Å². The van der Waals surface area contributed by atoms with Crippen LogP contribution in [0.2, 0.25) is 0 Å². The zero-order chi connectivity index (χ0) is 21.8. The summed E-state index contributed by atoms with van der Waals surface area (Å²) in [5.74, 6) is 0.744. The lowest BCUT2D eigenvalue weighted by Gasteiger charge is -2.15. The topological polar surface area (TPSA) is 104 Å². The van der Waals surface area contributed by atoms with Crippen molar-refractivity contribution in [2.24, 2.45) is 5.92 Å². The first-order valence-corrected chi connectivity index (χ1v) is 12.0. The summed E-state index contributed by atoms with van der Waals surface area (Å²) in [5, 5.41) is 2.96. The number of nitrogens with zero attached hydrogens (tertiary/aromatic N) is 1. The molecule has 0 saturated heterocycles. The van der Waals surface area contributed by atoms with E-state index in [1.54, 1.807) is 18.3 Å². The molecule has 1 aromatic heterocycles. The SMILES string of the molecule is CCC(NC(=O)c1cccc(S(=O)(=O)NCC2CC2)c1)c1ncc(-c2ccccc2)[nH]1. The molecule has 1 atom stereocenters. The number of nitrogens with one attached hydrogen (secondary N) is 3. The fourth-order valence-electron chi connectivity index (χ4n) is 3.32. The van der Waals surface area contributed by atoms with E-state index < -0.39 is 10.0 Å².